The van der Waals surface area contributed by atoms with E-state index in [2.05, 4.69) is 81.1 Å². The second kappa shape index (κ2) is 9.00. The highest BCUT2D eigenvalue weighted by Gasteiger charge is 2.19. The minimum atomic E-state index is 0.0967. The molecule has 0 fully saturated rings. The van der Waals surface area contributed by atoms with E-state index in [0.717, 1.165) is 18.5 Å². The first-order valence-electron chi connectivity index (χ1n) is 9.03. The third-order valence-corrected chi connectivity index (χ3v) is 4.74. The highest BCUT2D eigenvalue weighted by Crippen LogP contribution is 2.29. The summed E-state index contributed by atoms with van der Waals surface area (Å²) in [6, 6.07) is 20.2. The van der Waals surface area contributed by atoms with Gasteiger partial charge in [0.15, 0.2) is 0 Å². The van der Waals surface area contributed by atoms with Crippen molar-refractivity contribution < 1.29 is 5.11 Å². The predicted molar refractivity (Wildman–Crippen MR) is 102 cm³/mol. The van der Waals surface area contributed by atoms with Crippen molar-refractivity contribution in [3.63, 3.8) is 0 Å². The molecule has 2 heteroatoms. The third kappa shape index (κ3) is 4.93. The summed E-state index contributed by atoms with van der Waals surface area (Å²) in [5, 5.41) is 9.47. The molecule has 0 aliphatic heterocycles. The molecule has 2 aromatic rings. The van der Waals surface area contributed by atoms with Crippen LogP contribution in [0.15, 0.2) is 54.6 Å². The third-order valence-electron chi connectivity index (χ3n) is 4.74. The van der Waals surface area contributed by atoms with Gasteiger partial charge in [0.2, 0.25) is 0 Å². The van der Waals surface area contributed by atoms with Crippen molar-refractivity contribution in [1.82, 2.24) is 4.90 Å². The van der Waals surface area contributed by atoms with Crippen LogP contribution >= 0.6 is 0 Å². The predicted octanol–water partition coefficient (Wildman–Crippen LogP) is 4.82. The maximum absolute atomic E-state index is 9.47. The Hall–Kier alpha value is -1.64. The van der Waals surface area contributed by atoms with Crippen molar-refractivity contribution in [3.8, 4) is 0 Å². The summed E-state index contributed by atoms with van der Waals surface area (Å²) in [6.07, 6.45) is 1.08. The first-order valence-corrected chi connectivity index (χ1v) is 9.03. The van der Waals surface area contributed by atoms with Crippen LogP contribution in [0.3, 0.4) is 0 Å². The second-order valence-corrected chi connectivity index (χ2v) is 7.08. The molecular weight excluding hydrogens is 294 g/mol. The zero-order valence-corrected chi connectivity index (χ0v) is 15.4. The van der Waals surface area contributed by atoms with Gasteiger partial charge in [-0.15, -0.1) is 0 Å². The van der Waals surface area contributed by atoms with E-state index in [9.17, 15) is 5.11 Å². The number of aliphatic hydroxyl groups excluding tert-OH is 1. The van der Waals surface area contributed by atoms with Crippen LogP contribution in [0.2, 0.25) is 0 Å². The molecule has 0 radical (unpaired) electrons. The smallest absolute Gasteiger partial charge is 0.0681 e. The molecular formula is C22H31NO. The number of rotatable bonds is 8. The highest BCUT2D eigenvalue weighted by atomic mass is 16.3. The zero-order chi connectivity index (χ0) is 17.5. The SMILES string of the molecule is CC(C)N(CC[C@@H](c1ccccc1)c1cccc(CO)c1)C(C)C. The molecule has 0 spiro atoms. The minimum absolute atomic E-state index is 0.0967. The van der Waals surface area contributed by atoms with Crippen LogP contribution in [0.5, 0.6) is 0 Å². The fourth-order valence-electron chi connectivity index (χ4n) is 3.51. The van der Waals surface area contributed by atoms with Gasteiger partial charge in [0, 0.05) is 18.0 Å². The molecule has 0 saturated carbocycles. The summed E-state index contributed by atoms with van der Waals surface area (Å²) in [6.45, 7) is 10.2. The standard InChI is InChI=1S/C22H31NO/c1-17(2)23(18(3)4)14-13-22(20-10-6-5-7-11-20)21-12-8-9-19(15-21)16-24/h5-12,15,17-18,22,24H,13-14,16H2,1-4H3/t22-/m0/s1. The summed E-state index contributed by atoms with van der Waals surface area (Å²) in [7, 11) is 0. The Morgan fingerprint density at radius 1 is 0.833 bits per heavy atom. The Kier molecular flexibility index (Phi) is 7.01. The van der Waals surface area contributed by atoms with E-state index in [1.54, 1.807) is 0 Å². The van der Waals surface area contributed by atoms with Gasteiger partial charge in [-0.25, -0.2) is 0 Å². The zero-order valence-electron chi connectivity index (χ0n) is 15.4. The van der Waals surface area contributed by atoms with Crippen LogP contribution in [-0.4, -0.2) is 28.6 Å². The number of hydrogen-bond donors (Lipinski definition) is 1. The molecule has 0 amide bonds. The molecule has 1 atom stereocenters. The average molecular weight is 325 g/mol. The summed E-state index contributed by atoms with van der Waals surface area (Å²) in [5.74, 6) is 0.359. The van der Waals surface area contributed by atoms with Gasteiger partial charge in [-0.2, -0.15) is 0 Å². The molecule has 24 heavy (non-hydrogen) atoms. The Labute approximate surface area is 147 Å². The van der Waals surface area contributed by atoms with Crippen molar-refractivity contribution in [3.05, 3.63) is 71.3 Å². The van der Waals surface area contributed by atoms with Crippen LogP contribution in [-0.2, 0) is 6.61 Å². The van der Waals surface area contributed by atoms with E-state index in [0.29, 0.717) is 18.0 Å². The van der Waals surface area contributed by atoms with Crippen LogP contribution in [0, 0.1) is 0 Å². The van der Waals surface area contributed by atoms with Gasteiger partial charge in [-0.3, -0.25) is 4.90 Å². The van der Waals surface area contributed by atoms with Gasteiger partial charge in [-0.05, 0) is 57.4 Å². The molecule has 1 N–H and O–H groups in total. The van der Waals surface area contributed by atoms with Crippen LogP contribution < -0.4 is 0 Å². The van der Waals surface area contributed by atoms with E-state index in [1.807, 2.05) is 6.07 Å². The Bertz CT molecular complexity index is 598. The maximum atomic E-state index is 9.47. The fraction of sp³-hybridized carbons (Fsp3) is 0.455. The molecule has 0 heterocycles. The van der Waals surface area contributed by atoms with Crippen LogP contribution in [0.1, 0.15) is 56.7 Å². The molecule has 2 aromatic carbocycles. The summed E-state index contributed by atoms with van der Waals surface area (Å²) in [5.41, 5.74) is 3.62. The first-order chi connectivity index (χ1) is 11.5. The van der Waals surface area contributed by atoms with Gasteiger partial charge in [0.25, 0.3) is 0 Å². The highest BCUT2D eigenvalue weighted by molar-refractivity contribution is 5.34. The van der Waals surface area contributed by atoms with Crippen molar-refractivity contribution in [1.29, 1.82) is 0 Å². The van der Waals surface area contributed by atoms with Gasteiger partial charge < -0.3 is 5.11 Å². The second-order valence-electron chi connectivity index (χ2n) is 7.08. The molecule has 0 aliphatic carbocycles. The normalized spacial score (nSPS) is 13.0. The molecule has 0 unspecified atom stereocenters. The lowest BCUT2D eigenvalue weighted by Gasteiger charge is -2.32. The Morgan fingerprint density at radius 2 is 1.46 bits per heavy atom. The lowest BCUT2D eigenvalue weighted by molar-refractivity contribution is 0.170. The molecule has 0 bridgehead atoms. The van der Waals surface area contributed by atoms with E-state index < -0.39 is 0 Å². The summed E-state index contributed by atoms with van der Waals surface area (Å²) < 4.78 is 0. The van der Waals surface area contributed by atoms with E-state index in [-0.39, 0.29) is 6.61 Å². The lowest BCUT2D eigenvalue weighted by Crippen LogP contribution is -2.38. The lowest BCUT2D eigenvalue weighted by atomic mass is 9.87. The number of aliphatic hydroxyl groups is 1. The number of nitrogens with zero attached hydrogens (tertiary/aromatic N) is 1. The average Bonchev–Trinajstić information content (AvgIpc) is 2.59. The van der Waals surface area contributed by atoms with E-state index in [4.69, 9.17) is 0 Å². The van der Waals surface area contributed by atoms with Crippen molar-refractivity contribution in [2.24, 2.45) is 0 Å². The molecule has 0 aliphatic rings. The largest absolute Gasteiger partial charge is 0.392 e. The molecule has 0 aromatic heterocycles. The Morgan fingerprint density at radius 3 is 2.04 bits per heavy atom. The van der Waals surface area contributed by atoms with Crippen LogP contribution in [0.4, 0.5) is 0 Å². The van der Waals surface area contributed by atoms with E-state index in [1.165, 1.54) is 11.1 Å². The van der Waals surface area contributed by atoms with Crippen molar-refractivity contribution in [2.75, 3.05) is 6.54 Å². The van der Waals surface area contributed by atoms with Gasteiger partial charge in [0.1, 0.15) is 0 Å². The topological polar surface area (TPSA) is 23.5 Å². The molecule has 2 rings (SSSR count). The van der Waals surface area contributed by atoms with Crippen molar-refractivity contribution in [2.45, 2.75) is 58.7 Å². The maximum Gasteiger partial charge on any atom is 0.0681 e. The number of benzene rings is 2. The first kappa shape index (κ1) is 18.7. The van der Waals surface area contributed by atoms with Gasteiger partial charge in [-0.1, -0.05) is 54.6 Å². The molecule has 0 saturated heterocycles. The Balaban J connectivity index is 2.27. The van der Waals surface area contributed by atoms with Crippen LogP contribution in [0.25, 0.3) is 0 Å². The number of hydrogen-bond acceptors (Lipinski definition) is 2. The van der Waals surface area contributed by atoms with Gasteiger partial charge >= 0.3 is 0 Å². The quantitative estimate of drug-likeness (QED) is 0.752. The van der Waals surface area contributed by atoms with Crippen molar-refractivity contribution >= 4 is 0 Å². The summed E-state index contributed by atoms with van der Waals surface area (Å²) >= 11 is 0. The van der Waals surface area contributed by atoms with E-state index >= 15 is 0 Å². The summed E-state index contributed by atoms with van der Waals surface area (Å²) in [4.78, 5) is 2.55. The monoisotopic (exact) mass is 325 g/mol. The molecule has 2 nitrogen and oxygen atoms in total. The fourth-order valence-corrected chi connectivity index (χ4v) is 3.51. The molecule has 130 valence electrons. The van der Waals surface area contributed by atoms with Gasteiger partial charge in [0.05, 0.1) is 6.61 Å². The minimum Gasteiger partial charge on any atom is -0.392 e.